The van der Waals surface area contributed by atoms with Crippen molar-refractivity contribution in [2.75, 3.05) is 13.7 Å². The summed E-state index contributed by atoms with van der Waals surface area (Å²) in [5, 5.41) is 18.1. The smallest absolute Gasteiger partial charge is 0.307 e. The average Bonchev–Trinajstić information content (AvgIpc) is 3.40. The highest BCUT2D eigenvalue weighted by Gasteiger charge is 2.30. The highest BCUT2D eigenvalue weighted by molar-refractivity contribution is 5.84. The monoisotopic (exact) mass is 607 g/mol. The summed E-state index contributed by atoms with van der Waals surface area (Å²) in [5.74, 6) is -0.0879. The number of benzene rings is 3. The predicted octanol–water partition coefficient (Wildman–Crippen LogP) is 6.93. The molecule has 0 unspecified atom stereocenters. The Morgan fingerprint density at radius 3 is 2.16 bits per heavy atom. The predicted molar refractivity (Wildman–Crippen MR) is 171 cm³/mol. The third-order valence-corrected chi connectivity index (χ3v) is 8.02. The van der Waals surface area contributed by atoms with Gasteiger partial charge in [0.25, 0.3) is 0 Å². The number of aliphatic hydroxyl groups is 1. The Labute approximate surface area is 260 Å². The fourth-order valence-electron chi connectivity index (χ4n) is 5.66. The molecule has 0 saturated carbocycles. The number of carboxylic acids is 1. The molecule has 0 spiro atoms. The maximum Gasteiger partial charge on any atom is 0.307 e. The van der Waals surface area contributed by atoms with E-state index in [-0.39, 0.29) is 6.42 Å². The lowest BCUT2D eigenvalue weighted by molar-refractivity contribution is -0.136. The van der Waals surface area contributed by atoms with Crippen LogP contribution in [-0.4, -0.2) is 46.8 Å². The van der Waals surface area contributed by atoms with Crippen LogP contribution < -0.4 is 9.47 Å². The summed E-state index contributed by atoms with van der Waals surface area (Å²) >= 11 is 0. The normalized spacial score (nSPS) is 13.4. The first-order valence-corrected chi connectivity index (χ1v) is 14.9. The van der Waals surface area contributed by atoms with Crippen molar-refractivity contribution in [2.24, 2.45) is 0 Å². The molecule has 8 heteroatoms. The fourth-order valence-corrected chi connectivity index (χ4v) is 5.66. The molecule has 44 heavy (non-hydrogen) atoms. The summed E-state index contributed by atoms with van der Waals surface area (Å²) in [4.78, 5) is 24.7. The molecule has 0 aromatic heterocycles. The van der Waals surface area contributed by atoms with Crippen molar-refractivity contribution in [3.05, 3.63) is 80.2 Å². The van der Waals surface area contributed by atoms with E-state index in [4.69, 9.17) is 14.6 Å². The van der Waals surface area contributed by atoms with Gasteiger partial charge in [-0.2, -0.15) is 0 Å². The molecule has 0 saturated heterocycles. The van der Waals surface area contributed by atoms with Gasteiger partial charge in [0.2, 0.25) is 6.41 Å². The van der Waals surface area contributed by atoms with Crippen LogP contribution in [-0.2, 0) is 35.5 Å². The first kappa shape index (κ1) is 34.6. The van der Waals surface area contributed by atoms with Crippen molar-refractivity contribution < 1.29 is 33.7 Å². The van der Waals surface area contributed by atoms with E-state index in [0.29, 0.717) is 31.0 Å². The molecule has 1 amide bonds. The molecule has 2 aliphatic heterocycles. The molecule has 3 aromatic carbocycles. The van der Waals surface area contributed by atoms with E-state index < -0.39 is 17.4 Å². The van der Waals surface area contributed by atoms with Gasteiger partial charge in [-0.15, -0.1) is 0 Å². The van der Waals surface area contributed by atoms with Crippen molar-refractivity contribution in [2.45, 2.75) is 93.3 Å². The van der Waals surface area contributed by atoms with Crippen LogP contribution in [0.1, 0.15) is 77.3 Å². The van der Waals surface area contributed by atoms with E-state index in [1.807, 2.05) is 32.9 Å². The number of carbonyl (C=O) groups excluding carboxylic acids is 1. The zero-order valence-electron chi connectivity index (χ0n) is 27.5. The Kier molecular flexibility index (Phi) is 11.2. The highest BCUT2D eigenvalue weighted by Crippen LogP contribution is 2.43. The number of fused-ring (bicyclic) bond motifs is 2. The maximum absolute atomic E-state index is 14.9. The quantitative estimate of drug-likeness (QED) is 0.306. The molecule has 2 N–H and O–H groups in total. The standard InChI is InChI=1S/C23H24FNO4.C9H12O.C4H10O/c1-12-15-5-4-6-29-23(15)20(24)7-16(12)22-14(3)19-10-25(11-26)9-18(19)13(2)17(22)8-21(27)28;1-7-4-5-9(10-3)6-8(7)2;1-4(2,3)5/h7,11H,4-6,8-10H2,1-3H3,(H,27,28);4-6H,1-3H3;5H,1-3H3. The SMILES string of the molecule is CC(C)(C)O.COc1ccc(C)c(C)c1.Cc1c(-c2c(C)c3c(c(C)c2CC(=O)O)CN(C=O)C3)cc(F)c2c1CCCO2. The van der Waals surface area contributed by atoms with E-state index in [9.17, 15) is 19.1 Å². The van der Waals surface area contributed by atoms with Gasteiger partial charge in [0, 0.05) is 18.7 Å². The number of nitrogens with zero attached hydrogens (tertiary/aromatic N) is 1. The lowest BCUT2D eigenvalue weighted by Gasteiger charge is -2.25. The zero-order valence-corrected chi connectivity index (χ0v) is 27.5. The number of methoxy groups -OCH3 is 1. The van der Waals surface area contributed by atoms with Gasteiger partial charge >= 0.3 is 5.97 Å². The molecule has 3 aromatic rings. The Morgan fingerprint density at radius 2 is 1.61 bits per heavy atom. The van der Waals surface area contributed by atoms with Gasteiger partial charge in [0.05, 0.1) is 25.7 Å². The van der Waals surface area contributed by atoms with Gasteiger partial charge in [0.1, 0.15) is 5.75 Å². The van der Waals surface area contributed by atoms with E-state index in [1.54, 1.807) is 32.8 Å². The van der Waals surface area contributed by atoms with E-state index in [2.05, 4.69) is 19.9 Å². The number of hydrogen-bond acceptors (Lipinski definition) is 5. The molecule has 0 aliphatic carbocycles. The zero-order chi connectivity index (χ0) is 32.9. The summed E-state index contributed by atoms with van der Waals surface area (Å²) < 4.78 is 25.5. The van der Waals surface area contributed by atoms with Crippen molar-refractivity contribution in [3.63, 3.8) is 0 Å². The van der Waals surface area contributed by atoms with E-state index >= 15 is 0 Å². The highest BCUT2D eigenvalue weighted by atomic mass is 19.1. The Bertz CT molecular complexity index is 1530. The number of amides is 1. The van der Waals surface area contributed by atoms with Crippen LogP contribution >= 0.6 is 0 Å². The van der Waals surface area contributed by atoms with Gasteiger partial charge < -0.3 is 24.6 Å². The number of hydrogen-bond donors (Lipinski definition) is 2. The van der Waals surface area contributed by atoms with Gasteiger partial charge in [-0.1, -0.05) is 6.07 Å². The molecule has 2 heterocycles. The number of rotatable bonds is 5. The Balaban J connectivity index is 0.000000291. The Morgan fingerprint density at radius 1 is 1.00 bits per heavy atom. The second-order valence-electron chi connectivity index (χ2n) is 12.6. The summed E-state index contributed by atoms with van der Waals surface area (Å²) in [5.41, 5.74) is 9.91. The number of carbonyl (C=O) groups is 2. The topological polar surface area (TPSA) is 96.3 Å². The van der Waals surface area contributed by atoms with Gasteiger partial charge in [-0.25, -0.2) is 4.39 Å². The minimum atomic E-state index is -0.932. The first-order chi connectivity index (χ1) is 20.6. The van der Waals surface area contributed by atoms with Crippen LogP contribution in [0.2, 0.25) is 0 Å². The second-order valence-corrected chi connectivity index (χ2v) is 12.6. The average molecular weight is 608 g/mol. The van der Waals surface area contributed by atoms with Crippen molar-refractivity contribution in [3.8, 4) is 22.6 Å². The van der Waals surface area contributed by atoms with Crippen LogP contribution in [0.15, 0.2) is 24.3 Å². The molecular formula is C36H46FNO6. The number of halogens is 1. The van der Waals surface area contributed by atoms with Crippen LogP contribution in [0.25, 0.3) is 11.1 Å². The summed E-state index contributed by atoms with van der Waals surface area (Å²) in [6.45, 7) is 16.7. The minimum Gasteiger partial charge on any atom is -0.497 e. The van der Waals surface area contributed by atoms with E-state index in [1.165, 1.54) is 17.2 Å². The molecule has 0 fully saturated rings. The van der Waals surface area contributed by atoms with Crippen molar-refractivity contribution in [1.29, 1.82) is 0 Å². The fraction of sp³-hybridized carbons (Fsp3) is 0.444. The number of aliphatic carboxylic acids is 1. The molecule has 0 bridgehead atoms. The molecule has 0 radical (unpaired) electrons. The second kappa shape index (κ2) is 14.2. The summed E-state index contributed by atoms with van der Waals surface area (Å²) in [7, 11) is 1.68. The van der Waals surface area contributed by atoms with Crippen molar-refractivity contribution >= 4 is 12.4 Å². The van der Waals surface area contributed by atoms with Crippen LogP contribution in [0, 0.1) is 40.4 Å². The number of ether oxygens (including phenoxy) is 2. The largest absolute Gasteiger partial charge is 0.497 e. The van der Waals surface area contributed by atoms with Gasteiger partial charge in [-0.3, -0.25) is 9.59 Å². The number of aryl methyl sites for hydroxylation is 2. The summed E-state index contributed by atoms with van der Waals surface area (Å²) in [6, 6.07) is 7.55. The molecular weight excluding hydrogens is 561 g/mol. The van der Waals surface area contributed by atoms with E-state index in [0.717, 1.165) is 69.5 Å². The molecule has 238 valence electrons. The Hall–Kier alpha value is -3.91. The molecule has 2 aliphatic rings. The number of carboxylic acid groups (broad SMARTS) is 1. The maximum atomic E-state index is 14.9. The third kappa shape index (κ3) is 8.17. The lowest BCUT2D eigenvalue weighted by Crippen LogP contribution is -2.14. The van der Waals surface area contributed by atoms with Crippen LogP contribution in [0.5, 0.6) is 11.5 Å². The van der Waals surface area contributed by atoms with Crippen molar-refractivity contribution in [1.82, 2.24) is 4.90 Å². The first-order valence-electron chi connectivity index (χ1n) is 14.9. The van der Waals surface area contributed by atoms with Gasteiger partial charge in [-0.05, 0) is 142 Å². The molecule has 7 nitrogen and oxygen atoms in total. The van der Waals surface area contributed by atoms with Crippen LogP contribution in [0.3, 0.4) is 0 Å². The van der Waals surface area contributed by atoms with Gasteiger partial charge in [0.15, 0.2) is 11.6 Å². The molecule has 5 rings (SSSR count). The third-order valence-electron chi connectivity index (χ3n) is 8.02. The summed E-state index contributed by atoms with van der Waals surface area (Å²) in [6.07, 6.45) is 2.24. The van der Waals surface area contributed by atoms with Crippen LogP contribution in [0.4, 0.5) is 4.39 Å². The minimum absolute atomic E-state index is 0.148. The lowest BCUT2D eigenvalue weighted by atomic mass is 9.81. The molecule has 0 atom stereocenters.